The number of benzene rings is 1. The van der Waals surface area contributed by atoms with Crippen molar-refractivity contribution >= 4 is 29.0 Å². The van der Waals surface area contributed by atoms with Crippen LogP contribution in [0.5, 0.6) is 0 Å². The molecule has 0 unspecified atom stereocenters. The summed E-state index contributed by atoms with van der Waals surface area (Å²) in [7, 11) is 0. The molecule has 8 nitrogen and oxygen atoms in total. The predicted octanol–water partition coefficient (Wildman–Crippen LogP) is 3.19. The van der Waals surface area contributed by atoms with E-state index in [1.54, 1.807) is 0 Å². The van der Waals surface area contributed by atoms with Gasteiger partial charge in [0, 0.05) is 18.8 Å². The van der Waals surface area contributed by atoms with E-state index in [2.05, 4.69) is 29.1 Å². The summed E-state index contributed by atoms with van der Waals surface area (Å²) >= 11 is 0. The van der Waals surface area contributed by atoms with Crippen molar-refractivity contribution in [3.05, 3.63) is 40.4 Å². The Kier molecular flexibility index (Phi) is 4.69. The van der Waals surface area contributed by atoms with Crippen LogP contribution in [0.15, 0.2) is 30.3 Å². The van der Waals surface area contributed by atoms with Gasteiger partial charge in [-0.05, 0) is 30.4 Å². The maximum atomic E-state index is 11.5. The van der Waals surface area contributed by atoms with Crippen molar-refractivity contribution in [3.63, 3.8) is 0 Å². The van der Waals surface area contributed by atoms with E-state index in [-0.39, 0.29) is 23.3 Å². The summed E-state index contributed by atoms with van der Waals surface area (Å²) in [5, 5.41) is 14.6. The first kappa shape index (κ1) is 16.9. The SMILES string of the molecule is C[C@@H]1C[C@@H](C)CN(c2nc(Nc3ccccc3)nc(N)c2[N+](=O)[O-])C1. The number of rotatable bonds is 4. The van der Waals surface area contributed by atoms with E-state index in [0.29, 0.717) is 24.9 Å². The van der Waals surface area contributed by atoms with Crippen LogP contribution in [0.3, 0.4) is 0 Å². The van der Waals surface area contributed by atoms with E-state index in [1.165, 1.54) is 0 Å². The molecule has 1 aromatic heterocycles. The van der Waals surface area contributed by atoms with Crippen LogP contribution >= 0.6 is 0 Å². The molecular weight excluding hydrogens is 320 g/mol. The fraction of sp³-hybridized carbons (Fsp3) is 0.412. The first-order valence-corrected chi connectivity index (χ1v) is 8.33. The van der Waals surface area contributed by atoms with Crippen LogP contribution in [0.4, 0.5) is 29.0 Å². The molecule has 0 amide bonds. The molecule has 1 aliphatic rings. The van der Waals surface area contributed by atoms with Gasteiger partial charge in [-0.2, -0.15) is 9.97 Å². The number of nitro groups is 1. The Hall–Kier alpha value is -2.90. The molecule has 0 bridgehead atoms. The highest BCUT2D eigenvalue weighted by molar-refractivity contribution is 5.72. The first-order valence-electron chi connectivity index (χ1n) is 8.33. The Balaban J connectivity index is 2.00. The topological polar surface area (TPSA) is 110 Å². The molecule has 8 heteroatoms. The summed E-state index contributed by atoms with van der Waals surface area (Å²) < 4.78 is 0. The van der Waals surface area contributed by atoms with E-state index < -0.39 is 4.92 Å². The Morgan fingerprint density at radius 3 is 2.44 bits per heavy atom. The second-order valence-electron chi connectivity index (χ2n) is 6.70. The zero-order chi connectivity index (χ0) is 18.0. The van der Waals surface area contributed by atoms with E-state index in [0.717, 1.165) is 12.1 Å². The smallest absolute Gasteiger partial charge is 0.353 e. The highest BCUT2D eigenvalue weighted by Gasteiger charge is 2.31. The van der Waals surface area contributed by atoms with E-state index in [9.17, 15) is 10.1 Å². The maximum Gasteiger partial charge on any atom is 0.353 e. The van der Waals surface area contributed by atoms with Crippen LogP contribution in [0.25, 0.3) is 0 Å². The van der Waals surface area contributed by atoms with Gasteiger partial charge in [-0.1, -0.05) is 32.0 Å². The average molecular weight is 342 g/mol. The lowest BCUT2D eigenvalue weighted by atomic mass is 9.92. The number of nitrogen functional groups attached to an aromatic ring is 1. The van der Waals surface area contributed by atoms with Crippen molar-refractivity contribution in [2.24, 2.45) is 11.8 Å². The Labute approximate surface area is 146 Å². The Morgan fingerprint density at radius 2 is 1.84 bits per heavy atom. The van der Waals surface area contributed by atoms with Crippen molar-refractivity contribution in [3.8, 4) is 0 Å². The molecule has 0 saturated carbocycles. The van der Waals surface area contributed by atoms with Crippen LogP contribution in [-0.2, 0) is 0 Å². The molecule has 25 heavy (non-hydrogen) atoms. The third kappa shape index (κ3) is 3.78. The summed E-state index contributed by atoms with van der Waals surface area (Å²) in [6, 6.07) is 9.40. The van der Waals surface area contributed by atoms with Crippen molar-refractivity contribution in [1.82, 2.24) is 9.97 Å². The standard InChI is InChI=1S/C17H22N6O2/c1-11-8-12(2)10-22(9-11)16-14(23(24)25)15(18)20-17(21-16)19-13-6-4-3-5-7-13/h3-7,11-12H,8-10H2,1-2H3,(H3,18,19,20,21)/t11-,12-/m1/s1. The van der Waals surface area contributed by atoms with Crippen molar-refractivity contribution in [1.29, 1.82) is 0 Å². The van der Waals surface area contributed by atoms with E-state index in [1.807, 2.05) is 35.2 Å². The van der Waals surface area contributed by atoms with Crippen LogP contribution in [0.2, 0.25) is 0 Å². The third-order valence-electron chi connectivity index (χ3n) is 4.27. The number of hydrogen-bond donors (Lipinski definition) is 2. The lowest BCUT2D eigenvalue weighted by Crippen LogP contribution is -2.39. The number of aromatic nitrogens is 2. The van der Waals surface area contributed by atoms with Gasteiger partial charge >= 0.3 is 5.69 Å². The molecule has 2 heterocycles. The Bertz CT molecular complexity index is 757. The number of anilines is 4. The normalized spacial score (nSPS) is 20.3. The first-order chi connectivity index (χ1) is 11.9. The van der Waals surface area contributed by atoms with Crippen molar-refractivity contribution in [2.75, 3.05) is 29.0 Å². The summed E-state index contributed by atoms with van der Waals surface area (Å²) in [6.45, 7) is 5.71. The summed E-state index contributed by atoms with van der Waals surface area (Å²) in [5.74, 6) is 1.29. The van der Waals surface area contributed by atoms with Crippen molar-refractivity contribution in [2.45, 2.75) is 20.3 Å². The number of nitrogens with zero attached hydrogens (tertiary/aromatic N) is 4. The van der Waals surface area contributed by atoms with E-state index >= 15 is 0 Å². The van der Waals surface area contributed by atoms with Gasteiger partial charge in [0.25, 0.3) is 0 Å². The molecule has 0 aliphatic carbocycles. The van der Waals surface area contributed by atoms with Gasteiger partial charge in [0.05, 0.1) is 4.92 Å². The van der Waals surface area contributed by atoms with Gasteiger partial charge in [0.1, 0.15) is 0 Å². The lowest BCUT2D eigenvalue weighted by molar-refractivity contribution is -0.383. The average Bonchev–Trinajstić information content (AvgIpc) is 2.54. The largest absolute Gasteiger partial charge is 0.378 e. The minimum atomic E-state index is -0.499. The molecule has 0 spiro atoms. The van der Waals surface area contributed by atoms with E-state index in [4.69, 9.17) is 5.73 Å². The van der Waals surface area contributed by atoms with Crippen LogP contribution in [0.1, 0.15) is 20.3 Å². The molecule has 1 aliphatic heterocycles. The Morgan fingerprint density at radius 1 is 1.20 bits per heavy atom. The van der Waals surface area contributed by atoms with Gasteiger partial charge in [0.15, 0.2) is 0 Å². The zero-order valence-corrected chi connectivity index (χ0v) is 14.3. The zero-order valence-electron chi connectivity index (χ0n) is 14.3. The monoisotopic (exact) mass is 342 g/mol. The van der Waals surface area contributed by atoms with Gasteiger partial charge in [-0.25, -0.2) is 0 Å². The number of nitrogens with one attached hydrogen (secondary N) is 1. The fourth-order valence-electron chi connectivity index (χ4n) is 3.40. The third-order valence-corrected chi connectivity index (χ3v) is 4.27. The predicted molar refractivity (Wildman–Crippen MR) is 98.0 cm³/mol. The molecule has 2 aromatic rings. The second-order valence-corrected chi connectivity index (χ2v) is 6.70. The molecule has 3 N–H and O–H groups in total. The highest BCUT2D eigenvalue weighted by Crippen LogP contribution is 2.35. The van der Waals surface area contributed by atoms with Gasteiger partial charge in [-0.15, -0.1) is 0 Å². The number of nitrogens with two attached hydrogens (primary N) is 1. The van der Waals surface area contributed by atoms with Gasteiger partial charge in [0.2, 0.25) is 17.6 Å². The lowest BCUT2D eigenvalue weighted by Gasteiger charge is -2.35. The molecule has 3 rings (SSSR count). The molecular formula is C17H22N6O2. The van der Waals surface area contributed by atoms with Crippen LogP contribution in [-0.4, -0.2) is 28.0 Å². The maximum absolute atomic E-state index is 11.5. The summed E-state index contributed by atoms with van der Waals surface area (Å²) in [4.78, 5) is 21.5. The minimum Gasteiger partial charge on any atom is -0.378 e. The van der Waals surface area contributed by atoms with Crippen molar-refractivity contribution < 1.29 is 4.92 Å². The molecule has 132 valence electrons. The molecule has 1 saturated heterocycles. The number of para-hydroxylation sites is 1. The van der Waals surface area contributed by atoms with Crippen LogP contribution in [0, 0.1) is 22.0 Å². The second kappa shape index (κ2) is 6.92. The van der Waals surface area contributed by atoms with Gasteiger partial charge in [-0.3, -0.25) is 10.1 Å². The number of hydrogen-bond acceptors (Lipinski definition) is 7. The molecule has 0 radical (unpaired) electrons. The highest BCUT2D eigenvalue weighted by atomic mass is 16.6. The van der Waals surface area contributed by atoms with Crippen LogP contribution < -0.4 is 16.0 Å². The quantitative estimate of drug-likeness (QED) is 0.648. The number of piperidine rings is 1. The molecule has 1 aromatic carbocycles. The minimum absolute atomic E-state index is 0.126. The summed E-state index contributed by atoms with van der Waals surface area (Å²) in [6.07, 6.45) is 1.10. The fourth-order valence-corrected chi connectivity index (χ4v) is 3.40. The van der Waals surface area contributed by atoms with Gasteiger partial charge < -0.3 is 16.0 Å². The molecule has 2 atom stereocenters. The summed E-state index contributed by atoms with van der Waals surface area (Å²) in [5.41, 5.74) is 6.46. The molecule has 1 fully saturated rings.